The minimum Gasteiger partial charge on any atom is -0.398 e. The molecule has 0 aliphatic carbocycles. The number of nitrogens with one attached hydrogen (secondary N) is 1. The van der Waals surface area contributed by atoms with E-state index < -0.39 is 0 Å². The van der Waals surface area contributed by atoms with Gasteiger partial charge in [0.1, 0.15) is 0 Å². The zero-order chi connectivity index (χ0) is 14.4. The first-order valence-electron chi connectivity index (χ1n) is 6.22. The van der Waals surface area contributed by atoms with Crippen LogP contribution in [-0.4, -0.2) is 16.8 Å². The number of aromatic nitrogens is 1. The molecular formula is C14H17ClN4S. The number of nitrogens with zero attached hydrogens (tertiary/aromatic N) is 1. The Hall–Kier alpha value is -1.27. The third-order valence-corrected chi connectivity index (χ3v) is 4.60. The van der Waals surface area contributed by atoms with Crippen LogP contribution in [0.25, 0.3) is 0 Å². The smallest absolute Gasteiger partial charge is 0.0541 e. The van der Waals surface area contributed by atoms with Gasteiger partial charge in [0, 0.05) is 34.8 Å². The van der Waals surface area contributed by atoms with Gasteiger partial charge in [0.15, 0.2) is 0 Å². The molecule has 0 aliphatic rings. The molecule has 4 nitrogen and oxygen atoms in total. The maximum atomic E-state index is 6.13. The van der Waals surface area contributed by atoms with Crippen molar-refractivity contribution in [1.82, 2.24) is 10.4 Å². The summed E-state index contributed by atoms with van der Waals surface area (Å²) in [7, 11) is 0. The summed E-state index contributed by atoms with van der Waals surface area (Å²) in [4.78, 5) is 5.14. The van der Waals surface area contributed by atoms with Gasteiger partial charge >= 0.3 is 0 Å². The number of hydrogen-bond acceptors (Lipinski definition) is 5. The van der Waals surface area contributed by atoms with Gasteiger partial charge in [-0.05, 0) is 30.2 Å². The van der Waals surface area contributed by atoms with Crippen LogP contribution in [0.4, 0.5) is 5.69 Å². The topological polar surface area (TPSA) is 77.0 Å². The van der Waals surface area contributed by atoms with Crippen molar-refractivity contribution in [3.8, 4) is 0 Å². The van der Waals surface area contributed by atoms with E-state index in [1.165, 1.54) is 0 Å². The Morgan fingerprint density at radius 2 is 2.10 bits per heavy atom. The average molecular weight is 309 g/mol. The van der Waals surface area contributed by atoms with E-state index in [4.69, 9.17) is 23.2 Å². The van der Waals surface area contributed by atoms with E-state index in [0.717, 1.165) is 33.3 Å². The molecule has 1 aromatic carbocycles. The second-order valence-electron chi connectivity index (χ2n) is 4.38. The van der Waals surface area contributed by atoms with Crippen molar-refractivity contribution in [1.29, 1.82) is 0 Å². The SMILES string of the molecule is NNC(CSc1ccccc1Cl)Cc1cnccc1N. The highest BCUT2D eigenvalue weighted by molar-refractivity contribution is 7.99. The van der Waals surface area contributed by atoms with E-state index in [9.17, 15) is 0 Å². The number of nitrogen functional groups attached to an aromatic ring is 1. The number of anilines is 1. The van der Waals surface area contributed by atoms with Gasteiger partial charge in [-0.1, -0.05) is 23.7 Å². The van der Waals surface area contributed by atoms with Crippen molar-refractivity contribution in [2.75, 3.05) is 11.5 Å². The summed E-state index contributed by atoms with van der Waals surface area (Å²) in [6.07, 6.45) is 4.19. The second kappa shape index (κ2) is 7.50. The van der Waals surface area contributed by atoms with Gasteiger partial charge in [-0.3, -0.25) is 16.3 Å². The van der Waals surface area contributed by atoms with Gasteiger partial charge in [0.05, 0.1) is 5.02 Å². The predicted octanol–water partition coefficient (Wildman–Crippen LogP) is 2.48. The number of nitrogens with two attached hydrogens (primary N) is 2. The van der Waals surface area contributed by atoms with Gasteiger partial charge in [-0.25, -0.2) is 0 Å². The summed E-state index contributed by atoms with van der Waals surface area (Å²) < 4.78 is 0. The van der Waals surface area contributed by atoms with E-state index in [2.05, 4.69) is 10.4 Å². The standard InChI is InChI=1S/C14H17ClN4S/c15-12-3-1-2-4-14(12)20-9-11(19-17)7-10-8-18-6-5-13(10)16/h1-6,8,11,19H,7,9,17H2,(H2,16,18). The molecule has 0 spiro atoms. The minimum atomic E-state index is 0.0998. The van der Waals surface area contributed by atoms with E-state index in [1.807, 2.05) is 24.3 Å². The summed E-state index contributed by atoms with van der Waals surface area (Å²) in [5.41, 5.74) is 10.5. The molecule has 1 unspecified atom stereocenters. The molecule has 0 saturated heterocycles. The van der Waals surface area contributed by atoms with Gasteiger partial charge in [0.2, 0.25) is 0 Å². The van der Waals surface area contributed by atoms with Gasteiger partial charge in [-0.15, -0.1) is 11.8 Å². The van der Waals surface area contributed by atoms with Crippen molar-refractivity contribution in [3.63, 3.8) is 0 Å². The molecule has 6 heteroatoms. The zero-order valence-corrected chi connectivity index (χ0v) is 12.5. The van der Waals surface area contributed by atoms with Crippen LogP contribution in [0.15, 0.2) is 47.6 Å². The monoisotopic (exact) mass is 308 g/mol. The number of hydrazine groups is 1. The Balaban J connectivity index is 1.96. The number of pyridine rings is 1. The van der Waals surface area contributed by atoms with Crippen LogP contribution in [0.1, 0.15) is 5.56 Å². The Bertz CT molecular complexity index is 564. The molecule has 1 atom stereocenters. The molecule has 0 bridgehead atoms. The largest absolute Gasteiger partial charge is 0.398 e. The molecule has 2 rings (SSSR count). The van der Waals surface area contributed by atoms with Crippen LogP contribution in [0.2, 0.25) is 5.02 Å². The molecule has 0 amide bonds. The fraction of sp³-hybridized carbons (Fsp3) is 0.214. The summed E-state index contributed by atoms with van der Waals surface area (Å²) in [6, 6.07) is 9.67. The first kappa shape index (κ1) is 15.1. The first-order valence-corrected chi connectivity index (χ1v) is 7.59. The van der Waals surface area contributed by atoms with Gasteiger partial charge in [-0.2, -0.15) is 0 Å². The van der Waals surface area contributed by atoms with Crippen LogP contribution in [0, 0.1) is 0 Å². The number of rotatable bonds is 6. The van der Waals surface area contributed by atoms with Crippen molar-refractivity contribution in [2.45, 2.75) is 17.4 Å². The highest BCUT2D eigenvalue weighted by Crippen LogP contribution is 2.27. The minimum absolute atomic E-state index is 0.0998. The van der Waals surface area contributed by atoms with Crippen molar-refractivity contribution in [2.24, 2.45) is 5.84 Å². The van der Waals surface area contributed by atoms with Crippen molar-refractivity contribution >= 4 is 29.1 Å². The lowest BCUT2D eigenvalue weighted by Crippen LogP contribution is -2.38. The molecule has 1 heterocycles. The molecule has 1 aromatic heterocycles. The lowest BCUT2D eigenvalue weighted by molar-refractivity contribution is 0.575. The third-order valence-electron chi connectivity index (χ3n) is 2.92. The number of thioether (sulfide) groups is 1. The number of benzene rings is 1. The molecule has 5 N–H and O–H groups in total. The Morgan fingerprint density at radius 1 is 1.30 bits per heavy atom. The summed E-state index contributed by atoms with van der Waals surface area (Å²) in [5, 5.41) is 0.758. The summed E-state index contributed by atoms with van der Waals surface area (Å²) >= 11 is 7.80. The van der Waals surface area contributed by atoms with Crippen LogP contribution in [-0.2, 0) is 6.42 Å². The molecule has 0 aliphatic heterocycles. The molecule has 20 heavy (non-hydrogen) atoms. The van der Waals surface area contributed by atoms with Gasteiger partial charge < -0.3 is 5.73 Å². The third kappa shape index (κ3) is 4.11. The maximum absolute atomic E-state index is 6.13. The normalized spacial score (nSPS) is 12.3. The van der Waals surface area contributed by atoms with Crippen LogP contribution in [0.3, 0.4) is 0 Å². The summed E-state index contributed by atoms with van der Waals surface area (Å²) in [6.45, 7) is 0. The quantitative estimate of drug-likeness (QED) is 0.434. The van der Waals surface area contributed by atoms with Crippen LogP contribution in [0.5, 0.6) is 0 Å². The second-order valence-corrected chi connectivity index (χ2v) is 5.85. The fourth-order valence-electron chi connectivity index (χ4n) is 1.79. The highest BCUT2D eigenvalue weighted by Gasteiger charge is 2.11. The van der Waals surface area contributed by atoms with Crippen LogP contribution < -0.4 is 17.0 Å². The molecule has 0 radical (unpaired) electrons. The van der Waals surface area contributed by atoms with E-state index in [0.29, 0.717) is 0 Å². The maximum Gasteiger partial charge on any atom is 0.0541 e. The number of halogens is 1. The highest BCUT2D eigenvalue weighted by atomic mass is 35.5. The Kier molecular flexibility index (Phi) is 5.67. The Labute approximate surface area is 127 Å². The first-order chi connectivity index (χ1) is 9.70. The zero-order valence-electron chi connectivity index (χ0n) is 10.9. The predicted molar refractivity (Wildman–Crippen MR) is 85.6 cm³/mol. The molecule has 2 aromatic rings. The van der Waals surface area contributed by atoms with E-state index >= 15 is 0 Å². The molecule has 0 fully saturated rings. The van der Waals surface area contributed by atoms with Crippen LogP contribution >= 0.6 is 23.4 Å². The van der Waals surface area contributed by atoms with E-state index in [-0.39, 0.29) is 6.04 Å². The van der Waals surface area contributed by atoms with Crippen molar-refractivity contribution < 1.29 is 0 Å². The molecular weight excluding hydrogens is 292 g/mol. The fourth-order valence-corrected chi connectivity index (χ4v) is 3.07. The number of hydrogen-bond donors (Lipinski definition) is 3. The van der Waals surface area contributed by atoms with Gasteiger partial charge in [0.25, 0.3) is 0 Å². The van der Waals surface area contributed by atoms with Crippen molar-refractivity contribution in [3.05, 3.63) is 53.3 Å². The molecule has 106 valence electrons. The summed E-state index contributed by atoms with van der Waals surface area (Å²) in [5.74, 6) is 6.42. The average Bonchev–Trinajstić information content (AvgIpc) is 2.47. The molecule has 0 saturated carbocycles. The Morgan fingerprint density at radius 3 is 2.80 bits per heavy atom. The lowest BCUT2D eigenvalue weighted by Gasteiger charge is -2.16. The van der Waals surface area contributed by atoms with E-state index in [1.54, 1.807) is 30.2 Å². The lowest BCUT2D eigenvalue weighted by atomic mass is 10.1.